The third-order valence-corrected chi connectivity index (χ3v) is 9.20. The number of anilines is 1. The Bertz CT molecular complexity index is 1970. The van der Waals surface area contributed by atoms with Crippen LogP contribution < -0.4 is 10.5 Å². The second-order valence-corrected chi connectivity index (χ2v) is 12.6. The summed E-state index contributed by atoms with van der Waals surface area (Å²) in [5.41, 5.74) is 10.2. The lowest BCUT2D eigenvalue weighted by molar-refractivity contribution is -0.134. The molecule has 4 heterocycles. The number of hydrogen-bond acceptors (Lipinski definition) is 9. The number of nitrogens with two attached hydrogens (primary N) is 1. The summed E-state index contributed by atoms with van der Waals surface area (Å²) in [6.07, 6.45) is 8.41. The number of carbonyl (C=O) groups is 1. The Morgan fingerprint density at radius 1 is 1.18 bits per heavy atom. The van der Waals surface area contributed by atoms with Crippen LogP contribution in [0.1, 0.15) is 51.1 Å². The first kappa shape index (κ1) is 29.1. The van der Waals surface area contributed by atoms with Crippen LogP contribution in [0.3, 0.4) is 0 Å². The molecule has 1 aliphatic heterocycles. The van der Waals surface area contributed by atoms with Crippen molar-refractivity contribution in [1.29, 1.82) is 0 Å². The molecule has 2 aliphatic carbocycles. The molecule has 1 unspecified atom stereocenters. The van der Waals surface area contributed by atoms with Crippen molar-refractivity contribution in [2.24, 2.45) is 10.9 Å². The number of fused-ring (bicyclic) bond motifs is 2. The van der Waals surface area contributed by atoms with Gasteiger partial charge in [-0.15, -0.1) is 0 Å². The molecule has 2 atom stereocenters. The summed E-state index contributed by atoms with van der Waals surface area (Å²) >= 11 is 1.15. The first-order chi connectivity index (χ1) is 21.6. The predicted molar refractivity (Wildman–Crippen MR) is 166 cm³/mol. The molecular weight excluding hydrogens is 603 g/mol. The molecule has 0 bridgehead atoms. The van der Waals surface area contributed by atoms with Gasteiger partial charge in [0.15, 0.2) is 11.4 Å². The maximum Gasteiger partial charge on any atom is 0.274 e. The molecule has 9 nitrogen and oxygen atoms in total. The summed E-state index contributed by atoms with van der Waals surface area (Å²) < 4.78 is 48.5. The number of nitrogen functional groups attached to an aromatic ring is 1. The Hall–Kier alpha value is -4.65. The number of ether oxygens (including phenoxy) is 1. The molecule has 1 fully saturated rings. The van der Waals surface area contributed by atoms with E-state index in [-0.39, 0.29) is 42.0 Å². The summed E-state index contributed by atoms with van der Waals surface area (Å²) in [7, 11) is 0. The zero-order valence-corrected chi connectivity index (χ0v) is 25.2. The van der Waals surface area contributed by atoms with Gasteiger partial charge >= 0.3 is 0 Å². The molecule has 4 aromatic rings. The van der Waals surface area contributed by atoms with Gasteiger partial charge in [0.25, 0.3) is 11.1 Å². The number of aromatic nitrogens is 5. The average molecular weight is 632 g/mol. The third-order valence-electron chi connectivity index (χ3n) is 8.31. The van der Waals surface area contributed by atoms with Gasteiger partial charge in [-0.05, 0) is 44.0 Å². The van der Waals surface area contributed by atoms with Gasteiger partial charge in [-0.25, -0.2) is 32.8 Å². The second-order valence-electron chi connectivity index (χ2n) is 11.6. The molecule has 7 rings (SSSR count). The molecule has 1 saturated carbocycles. The topological polar surface area (TPSA) is 121 Å². The van der Waals surface area contributed by atoms with Crippen LogP contribution in [0.2, 0.25) is 0 Å². The maximum atomic E-state index is 14.5. The highest BCUT2D eigenvalue weighted by Gasteiger charge is 2.47. The SMILES string of the molecule is CC1=CCC2CC(=O)C(c3cccc(F)c3)=C([C@@H](C)n3nc(-c4cnc(OC5CC(F)(F)C5)s4)c4c(N)ncnc43)N=C2C=C1. The maximum absolute atomic E-state index is 14.5. The van der Waals surface area contributed by atoms with E-state index in [1.54, 1.807) is 23.0 Å². The molecule has 3 aliphatic rings. The number of hydrogen-bond donors (Lipinski definition) is 1. The van der Waals surface area contributed by atoms with Crippen molar-refractivity contribution in [3.05, 3.63) is 77.7 Å². The van der Waals surface area contributed by atoms with Crippen molar-refractivity contribution < 1.29 is 22.7 Å². The zero-order valence-electron chi connectivity index (χ0n) is 24.4. The third kappa shape index (κ3) is 5.45. The molecule has 230 valence electrons. The number of rotatable bonds is 6. The molecule has 13 heteroatoms. The smallest absolute Gasteiger partial charge is 0.274 e. The minimum atomic E-state index is -2.72. The second kappa shape index (κ2) is 11.1. The Morgan fingerprint density at radius 3 is 2.78 bits per heavy atom. The van der Waals surface area contributed by atoms with Gasteiger partial charge < -0.3 is 10.5 Å². The fraction of sp³-hybridized carbons (Fsp3) is 0.312. The van der Waals surface area contributed by atoms with Crippen molar-refractivity contribution in [1.82, 2.24) is 24.7 Å². The van der Waals surface area contributed by atoms with E-state index in [9.17, 15) is 18.0 Å². The number of carbonyl (C=O) groups excluding carboxylic acids is 1. The average Bonchev–Trinajstić information content (AvgIpc) is 3.52. The first-order valence-corrected chi connectivity index (χ1v) is 15.3. The Labute approximate surface area is 260 Å². The minimum Gasteiger partial charge on any atom is -0.466 e. The number of alkyl halides is 2. The molecule has 3 aromatic heterocycles. The van der Waals surface area contributed by atoms with Crippen LogP contribution in [-0.2, 0) is 4.79 Å². The van der Waals surface area contributed by atoms with E-state index in [0.717, 1.165) is 22.6 Å². The Kier molecular flexibility index (Phi) is 7.15. The predicted octanol–water partition coefficient (Wildman–Crippen LogP) is 6.76. The summed E-state index contributed by atoms with van der Waals surface area (Å²) in [6.45, 7) is 3.85. The van der Waals surface area contributed by atoms with Gasteiger partial charge in [-0.1, -0.05) is 41.2 Å². The van der Waals surface area contributed by atoms with E-state index in [4.69, 9.17) is 20.6 Å². The molecule has 45 heavy (non-hydrogen) atoms. The largest absolute Gasteiger partial charge is 0.466 e. The van der Waals surface area contributed by atoms with Crippen LogP contribution in [-0.4, -0.2) is 48.3 Å². The van der Waals surface area contributed by atoms with Crippen molar-refractivity contribution >= 4 is 45.3 Å². The lowest BCUT2D eigenvalue weighted by Crippen LogP contribution is -2.43. The van der Waals surface area contributed by atoms with E-state index < -0.39 is 23.9 Å². The number of allylic oxidation sites excluding steroid dienone is 6. The van der Waals surface area contributed by atoms with Crippen LogP contribution >= 0.6 is 11.3 Å². The molecule has 0 saturated heterocycles. The van der Waals surface area contributed by atoms with E-state index in [2.05, 4.69) is 21.0 Å². The van der Waals surface area contributed by atoms with E-state index in [0.29, 0.717) is 44.9 Å². The van der Waals surface area contributed by atoms with Gasteiger partial charge in [0.1, 0.15) is 29.8 Å². The molecule has 0 amide bonds. The highest BCUT2D eigenvalue weighted by molar-refractivity contribution is 7.16. The standard InChI is InChI=1S/C32H28F3N7O2S/c1-16-6-8-18-11-23(43)25(19-4-3-5-20(33)10-19)27(40-22(18)9-7-16)17(2)42-30-26(29(36)38-15-39-30)28(41-42)24-14-37-31(45-24)44-21-12-32(34,35)13-21/h3-7,9-10,14-15,17-18,21H,8,11-13H2,1-2H3,(H2,36,38,39)/t17-,18?/m1/s1. The lowest BCUT2D eigenvalue weighted by atomic mass is 9.89. The number of aliphatic imine (C=N–C) groups is 1. The number of benzene rings is 1. The molecule has 2 N–H and O–H groups in total. The number of ketones is 1. The van der Waals surface area contributed by atoms with Gasteiger partial charge in [-0.2, -0.15) is 5.10 Å². The van der Waals surface area contributed by atoms with Crippen LogP contribution in [0.5, 0.6) is 5.19 Å². The molecular formula is C32H28F3N7O2S. The summed E-state index contributed by atoms with van der Waals surface area (Å²) in [5.74, 6) is -3.30. The van der Waals surface area contributed by atoms with Crippen molar-refractivity contribution in [2.75, 3.05) is 5.73 Å². The number of thiazole rings is 1. The Balaban J connectivity index is 1.36. The summed E-state index contributed by atoms with van der Waals surface area (Å²) in [5, 5.41) is 5.59. The fourth-order valence-electron chi connectivity index (χ4n) is 5.91. The first-order valence-electron chi connectivity index (χ1n) is 14.5. The van der Waals surface area contributed by atoms with Gasteiger partial charge in [0.05, 0.1) is 28.2 Å². The quantitative estimate of drug-likeness (QED) is 0.250. The fourth-order valence-corrected chi connectivity index (χ4v) is 6.74. The molecule has 1 aromatic carbocycles. The normalized spacial score (nSPS) is 20.6. The molecule has 0 radical (unpaired) electrons. The van der Waals surface area contributed by atoms with Crippen molar-refractivity contribution in [3.63, 3.8) is 0 Å². The van der Waals surface area contributed by atoms with Crippen LogP contribution in [0.4, 0.5) is 19.0 Å². The molecule has 0 spiro atoms. The summed E-state index contributed by atoms with van der Waals surface area (Å²) in [6, 6.07) is 5.28. The van der Waals surface area contributed by atoms with E-state index >= 15 is 0 Å². The van der Waals surface area contributed by atoms with Crippen LogP contribution in [0.15, 0.2) is 71.3 Å². The highest BCUT2D eigenvalue weighted by atomic mass is 32.1. The lowest BCUT2D eigenvalue weighted by Gasteiger charge is -2.33. The number of Topliss-reactive ketones (excluding diaryl/α,β-unsaturated/α-hetero) is 1. The van der Waals surface area contributed by atoms with Gasteiger partial charge in [-0.3, -0.25) is 9.79 Å². The number of nitrogens with zero attached hydrogens (tertiary/aromatic N) is 6. The van der Waals surface area contributed by atoms with Crippen molar-refractivity contribution in [3.8, 4) is 15.8 Å². The van der Waals surface area contributed by atoms with E-state index in [1.165, 1.54) is 18.5 Å². The van der Waals surface area contributed by atoms with Crippen molar-refractivity contribution in [2.45, 2.75) is 57.6 Å². The highest BCUT2D eigenvalue weighted by Crippen LogP contribution is 2.43. The minimum absolute atomic E-state index is 0.145. The van der Waals surface area contributed by atoms with Crippen LogP contribution in [0, 0.1) is 11.7 Å². The van der Waals surface area contributed by atoms with Crippen LogP contribution in [0.25, 0.3) is 27.2 Å². The van der Waals surface area contributed by atoms with E-state index in [1.807, 2.05) is 26.0 Å². The number of halogens is 3. The Morgan fingerprint density at radius 2 is 2.00 bits per heavy atom. The van der Waals surface area contributed by atoms with Gasteiger partial charge in [0.2, 0.25) is 0 Å². The summed E-state index contributed by atoms with van der Waals surface area (Å²) in [4.78, 5) is 32.6. The monoisotopic (exact) mass is 631 g/mol. The van der Waals surface area contributed by atoms with Gasteiger partial charge in [0, 0.05) is 36.5 Å². The zero-order chi connectivity index (χ0) is 31.5.